The number of piperidine rings is 1. The van der Waals surface area contributed by atoms with Crippen molar-refractivity contribution in [3.05, 3.63) is 0 Å². The Morgan fingerprint density at radius 2 is 1.78 bits per heavy atom. The Kier molecular flexibility index (Phi) is 5.08. The van der Waals surface area contributed by atoms with Crippen LogP contribution in [-0.2, 0) is 0 Å². The van der Waals surface area contributed by atoms with Gasteiger partial charge in [-0.05, 0) is 64.0 Å². The van der Waals surface area contributed by atoms with Crippen LogP contribution >= 0.6 is 0 Å². The normalized spacial score (nSPS) is 34.2. The van der Waals surface area contributed by atoms with E-state index in [1.54, 1.807) is 0 Å². The van der Waals surface area contributed by atoms with Crippen molar-refractivity contribution in [3.8, 4) is 0 Å². The van der Waals surface area contributed by atoms with E-state index < -0.39 is 0 Å². The van der Waals surface area contributed by atoms with Gasteiger partial charge in [0.2, 0.25) is 0 Å². The van der Waals surface area contributed by atoms with Gasteiger partial charge in [-0.15, -0.1) is 0 Å². The van der Waals surface area contributed by atoms with E-state index in [0.29, 0.717) is 0 Å². The van der Waals surface area contributed by atoms with E-state index in [0.717, 1.165) is 30.0 Å². The molecule has 0 aromatic rings. The summed E-state index contributed by atoms with van der Waals surface area (Å²) in [5.41, 5.74) is 0. The van der Waals surface area contributed by atoms with Crippen LogP contribution in [0.25, 0.3) is 0 Å². The fourth-order valence-electron chi connectivity index (χ4n) is 4.06. The van der Waals surface area contributed by atoms with E-state index in [2.05, 4.69) is 38.0 Å². The molecule has 1 N–H and O–H groups in total. The second kappa shape index (κ2) is 6.38. The summed E-state index contributed by atoms with van der Waals surface area (Å²) >= 11 is 0. The topological polar surface area (TPSA) is 15.3 Å². The molecule has 0 amide bonds. The minimum Gasteiger partial charge on any atom is -0.314 e. The Labute approximate surface area is 114 Å². The van der Waals surface area contributed by atoms with Gasteiger partial charge in [0.15, 0.2) is 0 Å². The zero-order valence-electron chi connectivity index (χ0n) is 12.8. The lowest BCUT2D eigenvalue weighted by Gasteiger charge is -2.40. The first-order valence-electron chi connectivity index (χ1n) is 8.07. The predicted molar refractivity (Wildman–Crippen MR) is 78.8 cm³/mol. The zero-order chi connectivity index (χ0) is 13.1. The quantitative estimate of drug-likeness (QED) is 0.780. The Hall–Kier alpha value is -0.0800. The maximum atomic E-state index is 3.84. The molecule has 2 aliphatic heterocycles. The van der Waals surface area contributed by atoms with Gasteiger partial charge in [0, 0.05) is 18.1 Å². The molecule has 2 heteroatoms. The van der Waals surface area contributed by atoms with Crippen LogP contribution in [0.5, 0.6) is 0 Å². The highest BCUT2D eigenvalue weighted by Gasteiger charge is 2.40. The molecule has 0 spiro atoms. The molecular weight excluding hydrogens is 220 g/mol. The van der Waals surface area contributed by atoms with Crippen molar-refractivity contribution in [2.75, 3.05) is 13.6 Å². The number of hydrogen-bond donors (Lipinski definition) is 1. The van der Waals surface area contributed by atoms with Crippen molar-refractivity contribution < 1.29 is 0 Å². The first-order chi connectivity index (χ1) is 8.61. The van der Waals surface area contributed by atoms with Crippen LogP contribution < -0.4 is 5.32 Å². The molecule has 0 aromatic heterocycles. The van der Waals surface area contributed by atoms with Crippen molar-refractivity contribution in [3.63, 3.8) is 0 Å². The predicted octanol–water partition coefficient (Wildman–Crippen LogP) is 3.27. The molecule has 0 saturated carbocycles. The molecule has 2 heterocycles. The van der Waals surface area contributed by atoms with Crippen LogP contribution in [0, 0.1) is 11.8 Å². The van der Waals surface area contributed by atoms with E-state index in [4.69, 9.17) is 0 Å². The highest BCUT2D eigenvalue weighted by Crippen LogP contribution is 2.39. The summed E-state index contributed by atoms with van der Waals surface area (Å²) in [5.74, 6) is 1.74. The van der Waals surface area contributed by atoms with Gasteiger partial charge in [-0.25, -0.2) is 0 Å². The van der Waals surface area contributed by atoms with Gasteiger partial charge >= 0.3 is 0 Å². The number of hydrogen-bond acceptors (Lipinski definition) is 2. The number of rotatable bonds is 6. The van der Waals surface area contributed by atoms with E-state index in [1.807, 2.05) is 0 Å². The van der Waals surface area contributed by atoms with Crippen LogP contribution in [0.15, 0.2) is 0 Å². The average Bonchev–Trinajstić information content (AvgIpc) is 2.55. The third-order valence-electron chi connectivity index (χ3n) is 5.09. The fourth-order valence-corrected chi connectivity index (χ4v) is 4.06. The van der Waals surface area contributed by atoms with Gasteiger partial charge in [-0.3, -0.25) is 0 Å². The lowest BCUT2D eigenvalue weighted by atomic mass is 9.81. The van der Waals surface area contributed by atoms with Crippen LogP contribution in [0.1, 0.15) is 59.3 Å². The molecular formula is C16H32N2. The van der Waals surface area contributed by atoms with E-state index >= 15 is 0 Å². The highest BCUT2D eigenvalue weighted by atomic mass is 15.2. The van der Waals surface area contributed by atoms with Crippen molar-refractivity contribution in [1.29, 1.82) is 0 Å². The summed E-state index contributed by atoms with van der Waals surface area (Å²) in [6.07, 6.45) is 8.36. The summed E-state index contributed by atoms with van der Waals surface area (Å²) in [5, 5.41) is 3.84. The molecule has 3 atom stereocenters. The molecule has 2 aliphatic rings. The molecule has 0 aromatic carbocycles. The SMILES string of the molecule is CCCNC(CC(C)C)C1CC2CCC(C1)N2C. The lowest BCUT2D eigenvalue weighted by molar-refractivity contribution is 0.106. The van der Waals surface area contributed by atoms with E-state index in [9.17, 15) is 0 Å². The summed E-state index contributed by atoms with van der Waals surface area (Å²) < 4.78 is 0. The van der Waals surface area contributed by atoms with Crippen LogP contribution in [-0.4, -0.2) is 36.6 Å². The zero-order valence-corrected chi connectivity index (χ0v) is 12.8. The molecule has 18 heavy (non-hydrogen) atoms. The molecule has 2 saturated heterocycles. The Bertz CT molecular complexity index is 237. The van der Waals surface area contributed by atoms with Crippen molar-refractivity contribution in [2.45, 2.75) is 77.4 Å². The number of nitrogens with zero attached hydrogens (tertiary/aromatic N) is 1. The molecule has 0 radical (unpaired) electrons. The van der Waals surface area contributed by atoms with Gasteiger partial charge in [0.05, 0.1) is 0 Å². The first-order valence-corrected chi connectivity index (χ1v) is 8.07. The van der Waals surface area contributed by atoms with Gasteiger partial charge in [0.25, 0.3) is 0 Å². The number of nitrogens with one attached hydrogen (secondary N) is 1. The average molecular weight is 252 g/mol. The van der Waals surface area contributed by atoms with Crippen molar-refractivity contribution in [1.82, 2.24) is 10.2 Å². The second-order valence-electron chi connectivity index (χ2n) is 6.97. The Morgan fingerprint density at radius 1 is 1.17 bits per heavy atom. The smallest absolute Gasteiger partial charge is 0.00989 e. The Balaban J connectivity index is 1.93. The molecule has 106 valence electrons. The van der Waals surface area contributed by atoms with E-state index in [-0.39, 0.29) is 0 Å². The molecule has 0 aliphatic carbocycles. The van der Waals surface area contributed by atoms with Crippen LogP contribution in [0.2, 0.25) is 0 Å². The van der Waals surface area contributed by atoms with Crippen molar-refractivity contribution in [2.24, 2.45) is 11.8 Å². The highest BCUT2D eigenvalue weighted by molar-refractivity contribution is 4.96. The van der Waals surface area contributed by atoms with Crippen molar-refractivity contribution >= 4 is 0 Å². The number of fused-ring (bicyclic) bond motifs is 2. The first kappa shape index (κ1) is 14.3. The largest absolute Gasteiger partial charge is 0.314 e. The molecule has 2 nitrogen and oxygen atoms in total. The monoisotopic (exact) mass is 252 g/mol. The summed E-state index contributed by atoms with van der Waals surface area (Å²) in [4.78, 5) is 2.66. The second-order valence-corrected chi connectivity index (χ2v) is 6.97. The third-order valence-corrected chi connectivity index (χ3v) is 5.09. The third kappa shape index (κ3) is 3.27. The fraction of sp³-hybridized carbons (Fsp3) is 1.00. The maximum absolute atomic E-state index is 3.84. The van der Waals surface area contributed by atoms with Crippen LogP contribution in [0.4, 0.5) is 0 Å². The van der Waals surface area contributed by atoms with E-state index in [1.165, 1.54) is 45.1 Å². The van der Waals surface area contributed by atoms with Gasteiger partial charge < -0.3 is 10.2 Å². The Morgan fingerprint density at radius 3 is 2.28 bits per heavy atom. The standard InChI is InChI=1S/C16H32N2/c1-5-8-17-16(9-12(2)3)13-10-14-6-7-15(11-13)18(14)4/h12-17H,5-11H2,1-4H3. The molecule has 3 unspecified atom stereocenters. The van der Waals surface area contributed by atoms with Gasteiger partial charge in [-0.1, -0.05) is 20.8 Å². The lowest BCUT2D eigenvalue weighted by Crippen LogP contribution is -2.47. The summed E-state index contributed by atoms with van der Waals surface area (Å²) in [7, 11) is 2.34. The summed E-state index contributed by atoms with van der Waals surface area (Å²) in [6, 6.07) is 2.53. The molecule has 2 fully saturated rings. The minimum absolute atomic E-state index is 0.766. The minimum atomic E-state index is 0.766. The molecule has 2 rings (SSSR count). The van der Waals surface area contributed by atoms with Gasteiger partial charge in [0.1, 0.15) is 0 Å². The maximum Gasteiger partial charge on any atom is 0.00989 e. The molecule has 2 bridgehead atoms. The summed E-state index contributed by atoms with van der Waals surface area (Å²) in [6.45, 7) is 8.20. The van der Waals surface area contributed by atoms with Crippen LogP contribution in [0.3, 0.4) is 0 Å². The van der Waals surface area contributed by atoms with Gasteiger partial charge in [-0.2, -0.15) is 0 Å².